The van der Waals surface area contributed by atoms with Crippen molar-refractivity contribution < 1.29 is 66.5 Å². The van der Waals surface area contributed by atoms with E-state index in [4.69, 9.17) is 47.4 Å². The van der Waals surface area contributed by atoms with Crippen molar-refractivity contribution in [2.24, 2.45) is 0 Å². The van der Waals surface area contributed by atoms with Gasteiger partial charge in [0, 0.05) is 34.3 Å². The normalized spacial score (nSPS) is 26.3. The molecule has 3 aromatic rings. The maximum absolute atomic E-state index is 13.3. The minimum absolute atomic E-state index is 0.0378. The highest BCUT2D eigenvalue weighted by Gasteiger charge is 2.53. The van der Waals surface area contributed by atoms with E-state index < -0.39 is 91.8 Å². The van der Waals surface area contributed by atoms with E-state index in [1.165, 1.54) is 27.9 Å². The van der Waals surface area contributed by atoms with E-state index in [1.807, 2.05) is 91.0 Å². The van der Waals surface area contributed by atoms with Crippen LogP contribution < -0.4 is 5.32 Å². The third kappa shape index (κ3) is 13.8. The van der Waals surface area contributed by atoms with E-state index in [2.05, 4.69) is 11.9 Å². The molecule has 1 N–H and O–H groups in total. The number of carbonyl (C=O) groups is 4. The van der Waals surface area contributed by atoms with Gasteiger partial charge in [0.25, 0.3) is 0 Å². The van der Waals surface area contributed by atoms with Crippen LogP contribution in [0.3, 0.4) is 0 Å². The molecule has 0 spiro atoms. The Morgan fingerprint density at radius 2 is 1.08 bits per heavy atom. The summed E-state index contributed by atoms with van der Waals surface area (Å²) in [4.78, 5) is 50.2. The Bertz CT molecular complexity index is 1800. The molecule has 5 rings (SSSR count). The summed E-state index contributed by atoms with van der Waals surface area (Å²) in [6.45, 7) is 7.20. The van der Waals surface area contributed by atoms with Crippen molar-refractivity contribution in [2.75, 3.05) is 20.3 Å². The average molecular weight is 834 g/mol. The first-order valence-corrected chi connectivity index (χ1v) is 19.9. The largest absolute Gasteiger partial charge is 0.463 e. The number of rotatable bonds is 21. The monoisotopic (exact) mass is 833 g/mol. The van der Waals surface area contributed by atoms with Gasteiger partial charge in [0.15, 0.2) is 24.8 Å². The van der Waals surface area contributed by atoms with E-state index in [0.717, 1.165) is 16.7 Å². The van der Waals surface area contributed by atoms with Crippen molar-refractivity contribution in [2.45, 2.75) is 115 Å². The first kappa shape index (κ1) is 46.1. The fourth-order valence-electron chi connectivity index (χ4n) is 6.95. The van der Waals surface area contributed by atoms with Gasteiger partial charge in [-0.2, -0.15) is 0 Å². The van der Waals surface area contributed by atoms with Crippen LogP contribution in [0.2, 0.25) is 0 Å². The summed E-state index contributed by atoms with van der Waals surface area (Å²) in [7, 11) is 1.50. The lowest BCUT2D eigenvalue weighted by Crippen LogP contribution is -2.67. The predicted molar refractivity (Wildman–Crippen MR) is 214 cm³/mol. The first-order valence-electron chi connectivity index (χ1n) is 19.9. The fourth-order valence-corrected chi connectivity index (χ4v) is 6.95. The number of ether oxygens (including phenoxy) is 10. The molecular weight excluding hydrogens is 778 g/mol. The molecule has 60 heavy (non-hydrogen) atoms. The minimum atomic E-state index is -1.37. The Labute approximate surface area is 350 Å². The van der Waals surface area contributed by atoms with Crippen LogP contribution in [0.1, 0.15) is 50.3 Å². The summed E-state index contributed by atoms with van der Waals surface area (Å²) in [5, 5.41) is 2.85. The lowest BCUT2D eigenvalue weighted by atomic mass is 9.95. The second-order valence-corrected chi connectivity index (χ2v) is 14.3. The second kappa shape index (κ2) is 23.7. The molecule has 2 aliphatic heterocycles. The average Bonchev–Trinajstić information content (AvgIpc) is 3.24. The van der Waals surface area contributed by atoms with Crippen LogP contribution in [0.4, 0.5) is 0 Å². The molecule has 3 aromatic carbocycles. The Balaban J connectivity index is 1.50. The van der Waals surface area contributed by atoms with Crippen molar-refractivity contribution in [3.8, 4) is 0 Å². The van der Waals surface area contributed by atoms with Gasteiger partial charge in [-0.3, -0.25) is 19.2 Å². The lowest BCUT2D eigenvalue weighted by Gasteiger charge is -2.47. The minimum Gasteiger partial charge on any atom is -0.463 e. The summed E-state index contributed by atoms with van der Waals surface area (Å²) >= 11 is 0. The Morgan fingerprint density at radius 3 is 1.58 bits per heavy atom. The highest BCUT2D eigenvalue weighted by atomic mass is 16.7. The number of nitrogens with one attached hydrogen (secondary N) is 1. The van der Waals surface area contributed by atoms with Crippen LogP contribution >= 0.6 is 0 Å². The summed E-state index contributed by atoms with van der Waals surface area (Å²) in [5.41, 5.74) is 2.73. The van der Waals surface area contributed by atoms with Crippen molar-refractivity contribution in [1.82, 2.24) is 5.32 Å². The highest BCUT2D eigenvalue weighted by Crippen LogP contribution is 2.33. The lowest BCUT2D eigenvalue weighted by molar-refractivity contribution is -0.335. The molecule has 2 heterocycles. The smallest absolute Gasteiger partial charge is 0.303 e. The van der Waals surface area contributed by atoms with Gasteiger partial charge in [-0.1, -0.05) is 97.1 Å². The van der Waals surface area contributed by atoms with Gasteiger partial charge < -0.3 is 52.7 Å². The summed E-state index contributed by atoms with van der Waals surface area (Å²) < 4.78 is 61.9. The SMILES string of the molecule is C=CCCC(=O)N[C@H]1[C@H](OC[C@H]2O[C@H](OC)[C@H](OCc3ccccc3)[C@@H](OCc3ccccc3)[C@@H]2OCc2ccccc2)O[C@H](COC(C)=O)[C@@H](OC(C)=O)[C@@H]1OC(C)=O. The third-order valence-corrected chi connectivity index (χ3v) is 9.71. The zero-order chi connectivity index (χ0) is 42.9. The topological polar surface area (TPSA) is 173 Å². The van der Waals surface area contributed by atoms with Crippen LogP contribution in [0.25, 0.3) is 0 Å². The van der Waals surface area contributed by atoms with E-state index in [1.54, 1.807) is 6.08 Å². The van der Waals surface area contributed by atoms with Crippen molar-refractivity contribution >= 4 is 23.8 Å². The predicted octanol–water partition coefficient (Wildman–Crippen LogP) is 4.73. The number of methoxy groups -OCH3 is 1. The summed E-state index contributed by atoms with van der Waals surface area (Å²) in [6.07, 6.45) is -7.54. The number of benzene rings is 3. The van der Waals surface area contributed by atoms with Gasteiger partial charge in [-0.25, -0.2) is 0 Å². The van der Waals surface area contributed by atoms with Crippen LogP contribution in [0.5, 0.6) is 0 Å². The molecule has 10 atom stereocenters. The molecular formula is C45H55NO14. The molecule has 0 unspecified atom stereocenters. The van der Waals surface area contributed by atoms with E-state index >= 15 is 0 Å². The van der Waals surface area contributed by atoms with Gasteiger partial charge in [0.2, 0.25) is 5.91 Å². The summed E-state index contributed by atoms with van der Waals surface area (Å²) in [5.74, 6) is -2.54. The Hall–Kier alpha value is -5.00. The molecule has 0 radical (unpaired) electrons. The van der Waals surface area contributed by atoms with E-state index in [-0.39, 0.29) is 32.8 Å². The molecule has 0 aromatic heterocycles. The van der Waals surface area contributed by atoms with Gasteiger partial charge in [0.1, 0.15) is 43.2 Å². The molecule has 2 fully saturated rings. The van der Waals surface area contributed by atoms with Gasteiger partial charge in [-0.15, -0.1) is 6.58 Å². The number of amides is 1. The van der Waals surface area contributed by atoms with Crippen LogP contribution in [0.15, 0.2) is 104 Å². The molecule has 0 saturated carbocycles. The zero-order valence-electron chi connectivity index (χ0n) is 34.4. The van der Waals surface area contributed by atoms with Crippen molar-refractivity contribution in [1.29, 1.82) is 0 Å². The van der Waals surface area contributed by atoms with Gasteiger partial charge >= 0.3 is 17.9 Å². The van der Waals surface area contributed by atoms with Gasteiger partial charge in [-0.05, 0) is 23.1 Å². The van der Waals surface area contributed by atoms with Crippen LogP contribution in [-0.2, 0) is 86.4 Å². The second-order valence-electron chi connectivity index (χ2n) is 14.3. The third-order valence-electron chi connectivity index (χ3n) is 9.71. The Kier molecular flexibility index (Phi) is 18.2. The maximum Gasteiger partial charge on any atom is 0.303 e. The van der Waals surface area contributed by atoms with Crippen molar-refractivity contribution in [3.05, 3.63) is 120 Å². The number of hydrogen-bond donors (Lipinski definition) is 1. The van der Waals surface area contributed by atoms with Crippen LogP contribution in [0, 0.1) is 0 Å². The molecule has 0 aliphatic carbocycles. The molecule has 15 nitrogen and oxygen atoms in total. The maximum atomic E-state index is 13.3. The van der Waals surface area contributed by atoms with E-state index in [9.17, 15) is 19.2 Å². The van der Waals surface area contributed by atoms with Gasteiger partial charge in [0.05, 0.1) is 26.4 Å². The molecule has 2 saturated heterocycles. The number of esters is 3. The van der Waals surface area contributed by atoms with Crippen molar-refractivity contribution in [3.63, 3.8) is 0 Å². The zero-order valence-corrected chi connectivity index (χ0v) is 34.4. The molecule has 324 valence electrons. The molecule has 1 amide bonds. The Morgan fingerprint density at radius 1 is 0.600 bits per heavy atom. The number of allylic oxidation sites excluding steroid dienone is 1. The highest BCUT2D eigenvalue weighted by molar-refractivity contribution is 5.76. The van der Waals surface area contributed by atoms with Crippen LogP contribution in [-0.4, -0.2) is 105 Å². The number of carbonyl (C=O) groups excluding carboxylic acids is 4. The molecule has 2 aliphatic rings. The quantitative estimate of drug-likeness (QED) is 0.0887. The molecule has 0 bridgehead atoms. The van der Waals surface area contributed by atoms with E-state index in [0.29, 0.717) is 6.42 Å². The first-order chi connectivity index (χ1) is 29.1. The molecule has 15 heteroatoms. The fraction of sp³-hybridized carbons (Fsp3) is 0.467. The summed E-state index contributed by atoms with van der Waals surface area (Å²) in [6, 6.07) is 27.7. The standard InChI is InChI=1S/C45H55NO14/c1-6-7-23-37(50)46-38-41(58-31(4)49)40(57-30(3)48)36(27-52-29(2)47)59-44(38)56-28-35-39(53-24-32-17-11-8-12-18-32)42(54-25-33-19-13-9-14-20-33)43(45(51-5)60-35)55-26-34-21-15-10-16-22-34/h6,8-22,35-36,38-45H,1,7,23-28H2,2-5H3,(H,46,50)/t35-,36-,38-,39-,40-,41-,42+,43-,44-,45+/m1/s1. The number of hydrogen-bond acceptors (Lipinski definition) is 14.